The summed E-state index contributed by atoms with van der Waals surface area (Å²) in [5.41, 5.74) is 6.27. The summed E-state index contributed by atoms with van der Waals surface area (Å²) >= 11 is 0. The van der Waals surface area contributed by atoms with Gasteiger partial charge < -0.3 is 10.4 Å². The van der Waals surface area contributed by atoms with E-state index in [0.717, 1.165) is 28.1 Å². The lowest BCUT2D eigenvalue weighted by Gasteiger charge is -2.08. The number of nitrogens with one attached hydrogen (secondary N) is 1. The minimum absolute atomic E-state index is 0.0834. The zero-order chi connectivity index (χ0) is 22.9. The number of aliphatic hydroxyl groups is 1. The number of hydrogen-bond donors (Lipinski definition) is 2. The second-order valence-corrected chi connectivity index (χ2v) is 7.77. The Labute approximate surface area is 189 Å². The smallest absolute Gasteiger partial charge is 0.223 e. The van der Waals surface area contributed by atoms with Crippen molar-refractivity contribution in [1.29, 1.82) is 0 Å². The third-order valence-electron chi connectivity index (χ3n) is 5.44. The van der Waals surface area contributed by atoms with Crippen molar-refractivity contribution in [3.05, 3.63) is 83.7 Å². The zero-order valence-electron chi connectivity index (χ0n) is 18.2. The topological polar surface area (TPSA) is 93.2 Å². The van der Waals surface area contributed by atoms with E-state index in [4.69, 9.17) is 9.97 Å². The van der Waals surface area contributed by atoms with Gasteiger partial charge in [-0.05, 0) is 55.0 Å². The van der Waals surface area contributed by atoms with Crippen LogP contribution < -0.4 is 5.32 Å². The lowest BCUT2D eigenvalue weighted by Crippen LogP contribution is -2.05. The quantitative estimate of drug-likeness (QED) is 0.415. The maximum absolute atomic E-state index is 13.5. The van der Waals surface area contributed by atoms with Gasteiger partial charge in [-0.1, -0.05) is 0 Å². The van der Waals surface area contributed by atoms with Crippen molar-refractivity contribution in [2.24, 2.45) is 7.05 Å². The van der Waals surface area contributed by atoms with Crippen molar-refractivity contribution in [3.63, 3.8) is 0 Å². The minimum Gasteiger partial charge on any atom is -0.392 e. The van der Waals surface area contributed by atoms with Gasteiger partial charge in [0.25, 0.3) is 0 Å². The number of imidazole rings is 1. The van der Waals surface area contributed by atoms with Crippen molar-refractivity contribution >= 4 is 11.6 Å². The monoisotopic (exact) mass is 443 g/mol. The van der Waals surface area contributed by atoms with Crippen LogP contribution in [0.25, 0.3) is 28.3 Å². The van der Waals surface area contributed by atoms with Crippen LogP contribution in [0.5, 0.6) is 0 Å². The highest BCUT2D eigenvalue weighted by Crippen LogP contribution is 2.32. The molecule has 0 atom stereocenters. The van der Waals surface area contributed by atoms with Crippen LogP contribution >= 0.6 is 0 Å². The maximum Gasteiger partial charge on any atom is 0.223 e. The molecule has 0 radical (unpaired) electrons. The molecule has 0 aliphatic carbocycles. The summed E-state index contributed by atoms with van der Waals surface area (Å²) in [7, 11) is 1.89. The molecule has 0 bridgehead atoms. The maximum atomic E-state index is 13.5. The average molecular weight is 443 g/mol. The first-order valence-corrected chi connectivity index (χ1v) is 10.5. The largest absolute Gasteiger partial charge is 0.392 e. The van der Waals surface area contributed by atoms with Crippen LogP contribution in [0, 0.1) is 12.7 Å². The molecule has 5 rings (SSSR count). The molecule has 4 heterocycles. The normalized spacial score (nSPS) is 11.3. The van der Waals surface area contributed by atoms with Crippen LogP contribution in [0.15, 0.2) is 61.1 Å². The number of benzene rings is 1. The molecular formula is C24H22FN7O. The first-order valence-electron chi connectivity index (χ1n) is 10.5. The molecule has 0 fully saturated rings. The molecule has 0 aliphatic rings. The van der Waals surface area contributed by atoms with Crippen LogP contribution in [-0.2, 0) is 20.2 Å². The molecule has 0 aliphatic heterocycles. The van der Waals surface area contributed by atoms with E-state index >= 15 is 0 Å². The van der Waals surface area contributed by atoms with Crippen LogP contribution in [0.2, 0.25) is 0 Å². The molecule has 8 nitrogen and oxygen atoms in total. The Morgan fingerprint density at radius 3 is 2.64 bits per heavy atom. The lowest BCUT2D eigenvalue weighted by molar-refractivity contribution is 0.282. The lowest BCUT2D eigenvalue weighted by atomic mass is 10.1. The summed E-state index contributed by atoms with van der Waals surface area (Å²) in [5, 5.41) is 17.2. The molecule has 166 valence electrons. The fourth-order valence-electron chi connectivity index (χ4n) is 3.81. The fourth-order valence-corrected chi connectivity index (χ4v) is 3.81. The molecule has 0 amide bonds. The van der Waals surface area contributed by atoms with Gasteiger partial charge in [0.05, 0.1) is 29.4 Å². The minimum atomic E-state index is -0.314. The third kappa shape index (κ3) is 4.06. The first-order chi connectivity index (χ1) is 16.0. The van der Waals surface area contributed by atoms with E-state index in [2.05, 4.69) is 15.4 Å². The van der Waals surface area contributed by atoms with E-state index in [0.29, 0.717) is 29.5 Å². The van der Waals surface area contributed by atoms with Gasteiger partial charge in [0.2, 0.25) is 5.95 Å². The van der Waals surface area contributed by atoms with Crippen molar-refractivity contribution in [3.8, 4) is 22.6 Å². The zero-order valence-corrected chi connectivity index (χ0v) is 18.2. The second kappa shape index (κ2) is 8.44. The SMILES string of the molecule is Cc1nn(C)cc1CNc1nccc(-c2c(-c3ccc(F)cc3)nc3cc(CO)ccn23)n1. The van der Waals surface area contributed by atoms with Gasteiger partial charge in [0, 0.05) is 43.3 Å². The van der Waals surface area contributed by atoms with E-state index in [9.17, 15) is 9.50 Å². The van der Waals surface area contributed by atoms with Gasteiger partial charge in [-0.2, -0.15) is 5.10 Å². The van der Waals surface area contributed by atoms with E-state index in [1.165, 1.54) is 12.1 Å². The Morgan fingerprint density at radius 2 is 1.91 bits per heavy atom. The summed E-state index contributed by atoms with van der Waals surface area (Å²) < 4.78 is 17.2. The van der Waals surface area contributed by atoms with Crippen molar-refractivity contribution in [2.75, 3.05) is 5.32 Å². The predicted octanol–water partition coefficient (Wildman–Crippen LogP) is 3.74. The Balaban J connectivity index is 1.58. The van der Waals surface area contributed by atoms with Gasteiger partial charge in [-0.3, -0.25) is 9.08 Å². The predicted molar refractivity (Wildman–Crippen MR) is 123 cm³/mol. The van der Waals surface area contributed by atoms with Crippen molar-refractivity contribution < 1.29 is 9.50 Å². The van der Waals surface area contributed by atoms with Crippen molar-refractivity contribution in [1.82, 2.24) is 29.1 Å². The Kier molecular flexibility index (Phi) is 5.31. The van der Waals surface area contributed by atoms with Crippen LogP contribution in [0.3, 0.4) is 0 Å². The van der Waals surface area contributed by atoms with Gasteiger partial charge in [-0.15, -0.1) is 0 Å². The number of aryl methyl sites for hydroxylation is 2. The molecule has 0 saturated heterocycles. The van der Waals surface area contributed by atoms with Gasteiger partial charge in [0.15, 0.2) is 0 Å². The molecule has 33 heavy (non-hydrogen) atoms. The number of fused-ring (bicyclic) bond motifs is 1. The standard InChI is InChI=1S/C24H22FN7O/c1-15-18(13-31(2)30-15)12-27-24-26-9-7-20(28-24)23-22(17-3-5-19(25)6-4-17)29-21-11-16(14-33)8-10-32(21)23/h3-11,13,33H,12,14H2,1-2H3,(H,26,27,28). The van der Waals surface area contributed by atoms with Gasteiger partial charge in [-0.25, -0.2) is 19.3 Å². The highest BCUT2D eigenvalue weighted by Gasteiger charge is 2.18. The molecule has 0 saturated carbocycles. The number of nitrogens with zero attached hydrogens (tertiary/aromatic N) is 6. The molecule has 5 aromatic rings. The number of hydrogen-bond acceptors (Lipinski definition) is 6. The number of pyridine rings is 1. The van der Waals surface area contributed by atoms with Gasteiger partial charge >= 0.3 is 0 Å². The molecule has 4 aromatic heterocycles. The Morgan fingerprint density at radius 1 is 1.09 bits per heavy atom. The molecular weight excluding hydrogens is 421 g/mol. The Bertz CT molecular complexity index is 1440. The van der Waals surface area contributed by atoms with Crippen molar-refractivity contribution in [2.45, 2.75) is 20.1 Å². The summed E-state index contributed by atoms with van der Waals surface area (Å²) in [4.78, 5) is 13.9. The number of aromatic nitrogens is 6. The highest BCUT2D eigenvalue weighted by molar-refractivity contribution is 5.80. The number of halogens is 1. The second-order valence-electron chi connectivity index (χ2n) is 7.77. The van der Waals surface area contributed by atoms with E-state index in [-0.39, 0.29) is 12.4 Å². The Hall–Kier alpha value is -4.11. The fraction of sp³-hybridized carbons (Fsp3) is 0.167. The van der Waals surface area contributed by atoms with E-state index in [1.807, 2.05) is 49.0 Å². The first kappa shape index (κ1) is 20.8. The molecule has 0 unspecified atom stereocenters. The average Bonchev–Trinajstić information content (AvgIpc) is 3.36. The summed E-state index contributed by atoms with van der Waals surface area (Å²) in [6, 6.07) is 11.7. The van der Waals surface area contributed by atoms with Crippen LogP contribution in [0.4, 0.5) is 10.3 Å². The molecule has 1 aromatic carbocycles. The van der Waals surface area contributed by atoms with E-state index in [1.54, 1.807) is 23.0 Å². The van der Waals surface area contributed by atoms with Crippen LogP contribution in [-0.4, -0.2) is 34.2 Å². The highest BCUT2D eigenvalue weighted by atomic mass is 19.1. The molecule has 9 heteroatoms. The molecule has 0 spiro atoms. The van der Waals surface area contributed by atoms with E-state index < -0.39 is 0 Å². The van der Waals surface area contributed by atoms with Crippen LogP contribution in [0.1, 0.15) is 16.8 Å². The molecule has 2 N–H and O–H groups in total. The number of aliphatic hydroxyl groups excluding tert-OH is 1. The van der Waals surface area contributed by atoms with Gasteiger partial charge in [0.1, 0.15) is 11.5 Å². The third-order valence-corrected chi connectivity index (χ3v) is 5.44. The summed E-state index contributed by atoms with van der Waals surface area (Å²) in [6.45, 7) is 2.42. The number of anilines is 1. The summed E-state index contributed by atoms with van der Waals surface area (Å²) in [6.07, 6.45) is 5.50. The number of rotatable bonds is 6. The summed E-state index contributed by atoms with van der Waals surface area (Å²) in [5.74, 6) is 0.161.